The van der Waals surface area contributed by atoms with Crippen LogP contribution in [0.25, 0.3) is 0 Å². The summed E-state index contributed by atoms with van der Waals surface area (Å²) in [5.74, 6) is -0.168. The summed E-state index contributed by atoms with van der Waals surface area (Å²) in [5.41, 5.74) is 0. The minimum atomic E-state index is -4.54. The third-order valence-corrected chi connectivity index (χ3v) is 12.5. The van der Waals surface area contributed by atoms with E-state index in [1.54, 1.807) is 0 Å². The fourth-order valence-corrected chi connectivity index (χ4v) is 8.23. The molecule has 0 aliphatic heterocycles. The zero-order chi connectivity index (χ0) is 42.8. The van der Waals surface area contributed by atoms with Gasteiger partial charge >= 0.3 is 0 Å². The van der Waals surface area contributed by atoms with Gasteiger partial charge in [-0.05, 0) is 38.5 Å². The summed E-state index contributed by atoms with van der Waals surface area (Å²) in [5, 5.41) is 13.7. The van der Waals surface area contributed by atoms with E-state index in [9.17, 15) is 19.4 Å². The number of nitrogens with one attached hydrogen (secondary N) is 1. The Balaban J connectivity index is 3.79. The topological polar surface area (TPSA) is 108 Å². The quantitative estimate of drug-likeness (QED) is 0.0273. The average molecular weight is 843 g/mol. The molecule has 0 aromatic rings. The van der Waals surface area contributed by atoms with Crippen molar-refractivity contribution in [1.29, 1.82) is 0 Å². The number of hydrogen-bond donors (Lipinski definition) is 2. The van der Waals surface area contributed by atoms with Gasteiger partial charge in [0.15, 0.2) is 0 Å². The van der Waals surface area contributed by atoms with E-state index in [-0.39, 0.29) is 19.1 Å². The Morgan fingerprint density at radius 3 is 1.34 bits per heavy atom. The largest absolute Gasteiger partial charge is 0.756 e. The number of amides is 1. The van der Waals surface area contributed by atoms with Gasteiger partial charge in [0.1, 0.15) is 13.2 Å². The summed E-state index contributed by atoms with van der Waals surface area (Å²) in [7, 11) is 1.31. The normalized spacial score (nSPS) is 14.3. The van der Waals surface area contributed by atoms with Crippen LogP contribution in [0.5, 0.6) is 0 Å². The summed E-state index contributed by atoms with van der Waals surface area (Å²) in [6.07, 6.45) is 48.7. The number of hydrogen-bond acceptors (Lipinski definition) is 6. The van der Waals surface area contributed by atoms with Crippen molar-refractivity contribution in [1.82, 2.24) is 5.32 Å². The Labute approximate surface area is 361 Å². The maximum atomic E-state index is 12.8. The molecule has 0 spiro atoms. The first kappa shape index (κ1) is 57.2. The number of unbranched alkanes of at least 4 members (excludes halogenated alkanes) is 31. The molecule has 0 aliphatic carbocycles. The maximum Gasteiger partial charge on any atom is 0.268 e. The molecule has 346 valence electrons. The van der Waals surface area contributed by atoms with E-state index < -0.39 is 20.0 Å². The van der Waals surface area contributed by atoms with E-state index in [4.69, 9.17) is 9.05 Å². The standard InChI is InChI=1S/C49H99N2O6P/c1-6-8-10-12-13-14-15-16-17-18-19-20-21-22-23-24-25-26-27-28-29-30-31-32-33-34-35-36-37-39-41-43-49(53)50-47(48(52)42-40-38-11-9-7-2)46-57-58(54,55)56-45-44-51(3,4)5/h18-19,47-48,52H,6-17,20-46H2,1-5H3,(H-,50,53,54,55)/b19-18-. The minimum Gasteiger partial charge on any atom is -0.756 e. The van der Waals surface area contributed by atoms with Crippen LogP contribution in [-0.4, -0.2) is 68.5 Å². The highest BCUT2D eigenvalue weighted by molar-refractivity contribution is 7.45. The lowest BCUT2D eigenvalue weighted by atomic mass is 10.0. The highest BCUT2D eigenvalue weighted by Crippen LogP contribution is 2.38. The Kier molecular flexibility index (Phi) is 41.0. The van der Waals surface area contributed by atoms with Gasteiger partial charge in [-0.3, -0.25) is 9.36 Å². The van der Waals surface area contributed by atoms with E-state index in [0.717, 1.165) is 51.4 Å². The van der Waals surface area contributed by atoms with Crippen molar-refractivity contribution in [3.05, 3.63) is 12.2 Å². The number of aliphatic hydroxyl groups excluding tert-OH is 1. The molecular weight excluding hydrogens is 744 g/mol. The molecular formula is C49H99N2O6P. The van der Waals surface area contributed by atoms with Gasteiger partial charge in [-0.2, -0.15) is 0 Å². The number of quaternary nitrogens is 1. The predicted octanol–water partition coefficient (Wildman–Crippen LogP) is 13.7. The molecule has 0 rings (SSSR count). The fourth-order valence-electron chi connectivity index (χ4n) is 7.51. The maximum absolute atomic E-state index is 12.8. The van der Waals surface area contributed by atoms with E-state index in [1.165, 1.54) is 167 Å². The fraction of sp³-hybridized carbons (Fsp3) is 0.939. The molecule has 3 atom stereocenters. The lowest BCUT2D eigenvalue weighted by molar-refractivity contribution is -0.870. The molecule has 2 N–H and O–H groups in total. The summed E-state index contributed by atoms with van der Waals surface area (Å²) >= 11 is 0. The first-order valence-electron chi connectivity index (χ1n) is 25.0. The number of nitrogens with zero attached hydrogens (tertiary/aromatic N) is 1. The monoisotopic (exact) mass is 843 g/mol. The SMILES string of the molecule is CCCCCCCCCC/C=C\CCCCCCCCCCCCCCCCCCCCCC(=O)NC(COP(=O)([O-])OCC[N+](C)(C)C)C(O)CCCCCCC. The first-order valence-corrected chi connectivity index (χ1v) is 26.5. The average Bonchev–Trinajstić information content (AvgIpc) is 3.17. The first-order chi connectivity index (χ1) is 28.0. The predicted molar refractivity (Wildman–Crippen MR) is 247 cm³/mol. The molecule has 9 heteroatoms. The molecule has 0 fully saturated rings. The van der Waals surface area contributed by atoms with Gasteiger partial charge in [0.05, 0.1) is 39.9 Å². The molecule has 3 unspecified atom stereocenters. The van der Waals surface area contributed by atoms with E-state index in [0.29, 0.717) is 23.9 Å². The van der Waals surface area contributed by atoms with Crippen LogP contribution in [0.15, 0.2) is 12.2 Å². The van der Waals surface area contributed by atoms with Crippen molar-refractivity contribution in [2.24, 2.45) is 0 Å². The molecule has 8 nitrogen and oxygen atoms in total. The van der Waals surface area contributed by atoms with Crippen LogP contribution in [0.1, 0.15) is 245 Å². The van der Waals surface area contributed by atoms with Gasteiger partial charge in [-0.1, -0.05) is 212 Å². The summed E-state index contributed by atoms with van der Waals surface area (Å²) in [6, 6.07) is -0.792. The van der Waals surface area contributed by atoms with Gasteiger partial charge < -0.3 is 28.8 Å². The van der Waals surface area contributed by atoms with Crippen molar-refractivity contribution >= 4 is 13.7 Å². The number of phosphoric ester groups is 1. The van der Waals surface area contributed by atoms with Crippen LogP contribution < -0.4 is 10.2 Å². The van der Waals surface area contributed by atoms with E-state index >= 15 is 0 Å². The third kappa shape index (κ3) is 43.3. The Morgan fingerprint density at radius 1 is 0.586 bits per heavy atom. The molecule has 0 radical (unpaired) electrons. The molecule has 0 saturated heterocycles. The number of rotatable bonds is 46. The van der Waals surface area contributed by atoms with Gasteiger partial charge in [0, 0.05) is 6.42 Å². The van der Waals surface area contributed by atoms with Crippen LogP contribution in [0.4, 0.5) is 0 Å². The molecule has 0 aliphatic rings. The number of carbonyl (C=O) groups excluding carboxylic acids is 1. The molecule has 1 amide bonds. The number of aliphatic hydroxyl groups is 1. The zero-order valence-electron chi connectivity index (χ0n) is 39.3. The molecule has 0 bridgehead atoms. The molecule has 58 heavy (non-hydrogen) atoms. The Morgan fingerprint density at radius 2 is 0.948 bits per heavy atom. The number of carbonyl (C=O) groups is 1. The lowest BCUT2D eigenvalue weighted by Crippen LogP contribution is -2.46. The highest BCUT2D eigenvalue weighted by Gasteiger charge is 2.24. The van der Waals surface area contributed by atoms with Crippen LogP contribution >= 0.6 is 7.82 Å². The van der Waals surface area contributed by atoms with Crippen molar-refractivity contribution in [3.8, 4) is 0 Å². The minimum absolute atomic E-state index is 0.0138. The van der Waals surface area contributed by atoms with E-state index in [2.05, 4.69) is 31.3 Å². The number of phosphoric acid groups is 1. The third-order valence-electron chi connectivity index (χ3n) is 11.5. The van der Waals surface area contributed by atoms with Gasteiger partial charge in [-0.25, -0.2) is 0 Å². The second-order valence-corrected chi connectivity index (χ2v) is 19.9. The van der Waals surface area contributed by atoms with Gasteiger partial charge in [-0.15, -0.1) is 0 Å². The summed E-state index contributed by atoms with van der Waals surface area (Å²) in [6.45, 7) is 4.64. The number of likely N-dealkylation sites (N-methyl/N-ethyl adjacent to an activating group) is 1. The lowest BCUT2D eigenvalue weighted by Gasteiger charge is -2.30. The molecule has 0 aromatic heterocycles. The smallest absolute Gasteiger partial charge is 0.268 e. The van der Waals surface area contributed by atoms with Crippen LogP contribution in [0.2, 0.25) is 0 Å². The molecule has 0 heterocycles. The van der Waals surface area contributed by atoms with Crippen LogP contribution in [0.3, 0.4) is 0 Å². The summed E-state index contributed by atoms with van der Waals surface area (Å²) in [4.78, 5) is 25.1. The van der Waals surface area contributed by atoms with Gasteiger partial charge in [0.25, 0.3) is 7.82 Å². The van der Waals surface area contributed by atoms with Crippen molar-refractivity contribution < 1.29 is 32.9 Å². The van der Waals surface area contributed by atoms with Crippen LogP contribution in [-0.2, 0) is 18.4 Å². The molecule has 0 saturated carbocycles. The van der Waals surface area contributed by atoms with E-state index in [1.807, 2.05) is 21.1 Å². The second kappa shape index (κ2) is 41.6. The Bertz CT molecular complexity index is 958. The van der Waals surface area contributed by atoms with Gasteiger partial charge in [0.2, 0.25) is 5.91 Å². The Hall–Kier alpha value is -0.760. The van der Waals surface area contributed by atoms with Crippen molar-refractivity contribution in [2.75, 3.05) is 40.9 Å². The molecule has 0 aromatic carbocycles. The van der Waals surface area contributed by atoms with Crippen LogP contribution in [0, 0.1) is 0 Å². The highest BCUT2D eigenvalue weighted by atomic mass is 31.2. The zero-order valence-corrected chi connectivity index (χ0v) is 40.2. The second-order valence-electron chi connectivity index (χ2n) is 18.5. The van der Waals surface area contributed by atoms with Crippen molar-refractivity contribution in [2.45, 2.75) is 257 Å². The summed E-state index contributed by atoms with van der Waals surface area (Å²) < 4.78 is 23.1. The number of allylic oxidation sites excluding steroid dienone is 2. The van der Waals surface area contributed by atoms with Crippen molar-refractivity contribution in [3.63, 3.8) is 0 Å².